The highest BCUT2D eigenvalue weighted by Gasteiger charge is 2.17. The maximum atomic E-state index is 12.3. The van der Waals surface area contributed by atoms with Gasteiger partial charge < -0.3 is 19.5 Å². The summed E-state index contributed by atoms with van der Waals surface area (Å²) in [4.78, 5) is 23.8. The lowest BCUT2D eigenvalue weighted by Crippen LogP contribution is -2.30. The summed E-state index contributed by atoms with van der Waals surface area (Å²) in [5.74, 6) is 0.211. The van der Waals surface area contributed by atoms with Crippen molar-refractivity contribution < 1.29 is 23.8 Å². The lowest BCUT2D eigenvalue weighted by molar-refractivity contribution is -0.122. The Morgan fingerprint density at radius 3 is 2.38 bits per heavy atom. The predicted octanol–water partition coefficient (Wildman–Crippen LogP) is 2.89. The normalized spacial score (nSPS) is 11.3. The molecule has 0 fully saturated rings. The zero-order chi connectivity index (χ0) is 17.5. The van der Waals surface area contributed by atoms with Gasteiger partial charge in [-0.25, -0.2) is 4.79 Å². The quantitative estimate of drug-likeness (QED) is 0.825. The average Bonchev–Trinajstić information content (AvgIpc) is 2.61. The number of para-hydroxylation sites is 2. The van der Waals surface area contributed by atoms with Gasteiger partial charge in [0.05, 0.1) is 19.8 Å². The highest BCUT2D eigenvalue weighted by molar-refractivity contribution is 5.96. The zero-order valence-electron chi connectivity index (χ0n) is 13.7. The smallest absolute Gasteiger partial charge is 0.337 e. The van der Waals surface area contributed by atoms with Crippen molar-refractivity contribution in [1.82, 2.24) is 0 Å². The van der Waals surface area contributed by atoms with Crippen LogP contribution >= 0.6 is 0 Å². The summed E-state index contributed by atoms with van der Waals surface area (Å²) in [5.41, 5.74) is 0.840. The van der Waals surface area contributed by atoms with Crippen LogP contribution in [0.25, 0.3) is 0 Å². The van der Waals surface area contributed by atoms with E-state index in [1.807, 2.05) is 6.07 Å². The van der Waals surface area contributed by atoms with E-state index in [1.54, 1.807) is 49.4 Å². The summed E-state index contributed by atoms with van der Waals surface area (Å²) in [6, 6.07) is 13.6. The van der Waals surface area contributed by atoms with Crippen LogP contribution in [0.2, 0.25) is 0 Å². The molecule has 0 bridgehead atoms. The Morgan fingerprint density at radius 1 is 1.00 bits per heavy atom. The molecule has 0 aliphatic rings. The first-order chi connectivity index (χ1) is 11.5. The van der Waals surface area contributed by atoms with Crippen LogP contribution in [0.3, 0.4) is 0 Å². The Hall–Kier alpha value is -3.02. The van der Waals surface area contributed by atoms with Gasteiger partial charge in [0.25, 0.3) is 5.91 Å². The molecule has 2 aromatic rings. The molecule has 24 heavy (non-hydrogen) atoms. The fourth-order valence-electron chi connectivity index (χ4n) is 2.05. The first-order valence-electron chi connectivity index (χ1n) is 7.34. The number of rotatable bonds is 6. The zero-order valence-corrected chi connectivity index (χ0v) is 13.7. The highest BCUT2D eigenvalue weighted by Crippen LogP contribution is 2.27. The van der Waals surface area contributed by atoms with E-state index in [4.69, 9.17) is 9.47 Å². The van der Waals surface area contributed by atoms with Gasteiger partial charge in [-0.15, -0.1) is 0 Å². The molecular weight excluding hydrogens is 310 g/mol. The molecule has 0 heterocycles. The van der Waals surface area contributed by atoms with Gasteiger partial charge in [0.1, 0.15) is 0 Å². The van der Waals surface area contributed by atoms with Crippen molar-refractivity contribution in [2.24, 2.45) is 0 Å². The van der Waals surface area contributed by atoms with Crippen LogP contribution in [-0.2, 0) is 9.53 Å². The largest absolute Gasteiger partial charge is 0.493 e. The molecule has 2 rings (SSSR count). The molecule has 6 nitrogen and oxygen atoms in total. The van der Waals surface area contributed by atoms with Crippen molar-refractivity contribution in [1.29, 1.82) is 0 Å². The van der Waals surface area contributed by atoms with E-state index < -0.39 is 12.1 Å². The van der Waals surface area contributed by atoms with Gasteiger partial charge in [-0.05, 0) is 37.3 Å². The molecule has 2 aromatic carbocycles. The fourth-order valence-corrected chi connectivity index (χ4v) is 2.05. The first-order valence-corrected chi connectivity index (χ1v) is 7.34. The van der Waals surface area contributed by atoms with Gasteiger partial charge in [-0.1, -0.05) is 18.2 Å². The molecule has 0 aromatic heterocycles. The molecule has 126 valence electrons. The number of hydrogen-bond donors (Lipinski definition) is 1. The molecule has 1 amide bonds. The number of ether oxygens (including phenoxy) is 3. The molecule has 0 saturated carbocycles. The van der Waals surface area contributed by atoms with Gasteiger partial charge in [0.15, 0.2) is 17.6 Å². The van der Waals surface area contributed by atoms with Crippen LogP contribution in [0, 0.1) is 0 Å². The van der Waals surface area contributed by atoms with Crippen molar-refractivity contribution in [3.8, 4) is 11.5 Å². The minimum absolute atomic E-state index is 0.345. The van der Waals surface area contributed by atoms with Crippen LogP contribution in [0.5, 0.6) is 11.5 Å². The van der Waals surface area contributed by atoms with E-state index in [1.165, 1.54) is 14.2 Å². The maximum absolute atomic E-state index is 12.3. The lowest BCUT2D eigenvalue weighted by Gasteiger charge is -2.16. The number of methoxy groups -OCH3 is 2. The molecule has 6 heteroatoms. The Kier molecular flexibility index (Phi) is 5.78. The summed E-state index contributed by atoms with van der Waals surface area (Å²) in [6.45, 7) is 1.63. The van der Waals surface area contributed by atoms with Crippen molar-refractivity contribution in [3.63, 3.8) is 0 Å². The second-order valence-corrected chi connectivity index (χ2v) is 4.97. The molecule has 1 atom stereocenters. The topological polar surface area (TPSA) is 73.9 Å². The van der Waals surface area contributed by atoms with Crippen LogP contribution < -0.4 is 14.8 Å². The van der Waals surface area contributed by atoms with Gasteiger partial charge in [-0.2, -0.15) is 0 Å². The number of carbonyl (C=O) groups excluding carboxylic acids is 2. The second-order valence-electron chi connectivity index (χ2n) is 4.97. The van der Waals surface area contributed by atoms with Gasteiger partial charge in [-0.3, -0.25) is 4.79 Å². The van der Waals surface area contributed by atoms with Crippen LogP contribution in [-0.4, -0.2) is 32.2 Å². The second kappa shape index (κ2) is 8.01. The van der Waals surface area contributed by atoms with E-state index in [2.05, 4.69) is 10.1 Å². The summed E-state index contributed by atoms with van der Waals surface area (Å²) < 4.78 is 15.5. The molecule has 0 aliphatic carbocycles. The SMILES string of the molecule is COC(=O)c1cccc(NC(=O)C(C)Oc2ccccc2OC)c1. The Balaban J connectivity index is 2.05. The third kappa shape index (κ3) is 4.25. The third-order valence-electron chi connectivity index (χ3n) is 3.29. The Labute approximate surface area is 140 Å². The summed E-state index contributed by atoms with van der Waals surface area (Å²) in [7, 11) is 2.84. The van der Waals surface area contributed by atoms with Gasteiger partial charge >= 0.3 is 5.97 Å². The summed E-state index contributed by atoms with van der Waals surface area (Å²) >= 11 is 0. The number of amides is 1. The number of nitrogens with one attached hydrogen (secondary N) is 1. The minimum atomic E-state index is -0.747. The van der Waals surface area contributed by atoms with E-state index in [0.717, 1.165) is 0 Å². The number of benzene rings is 2. The van der Waals surface area contributed by atoms with Crippen molar-refractivity contribution in [3.05, 3.63) is 54.1 Å². The molecule has 0 spiro atoms. The summed E-state index contributed by atoms with van der Waals surface area (Å²) in [5, 5.41) is 2.71. The van der Waals surface area contributed by atoms with Crippen molar-refractivity contribution in [2.45, 2.75) is 13.0 Å². The first kappa shape index (κ1) is 17.3. The minimum Gasteiger partial charge on any atom is -0.493 e. The van der Waals surface area contributed by atoms with E-state index >= 15 is 0 Å². The molecule has 0 aliphatic heterocycles. The number of hydrogen-bond acceptors (Lipinski definition) is 5. The summed E-state index contributed by atoms with van der Waals surface area (Å²) in [6.07, 6.45) is -0.747. The third-order valence-corrected chi connectivity index (χ3v) is 3.29. The number of esters is 1. The Morgan fingerprint density at radius 2 is 1.71 bits per heavy atom. The molecule has 0 saturated heterocycles. The van der Waals surface area contributed by atoms with E-state index in [-0.39, 0.29) is 5.91 Å². The maximum Gasteiger partial charge on any atom is 0.337 e. The molecule has 1 unspecified atom stereocenters. The monoisotopic (exact) mass is 329 g/mol. The Bertz CT molecular complexity index is 729. The standard InChI is InChI=1S/C18H19NO5/c1-12(24-16-10-5-4-9-15(16)22-2)17(20)19-14-8-6-7-13(11-14)18(21)23-3/h4-12H,1-3H3,(H,19,20). The highest BCUT2D eigenvalue weighted by atomic mass is 16.5. The van der Waals surface area contributed by atoms with Crippen LogP contribution in [0.1, 0.15) is 17.3 Å². The van der Waals surface area contributed by atoms with Crippen molar-refractivity contribution >= 4 is 17.6 Å². The fraction of sp³-hybridized carbons (Fsp3) is 0.222. The number of carbonyl (C=O) groups is 2. The van der Waals surface area contributed by atoms with E-state index in [9.17, 15) is 9.59 Å². The molecule has 0 radical (unpaired) electrons. The molecule has 1 N–H and O–H groups in total. The number of anilines is 1. The average molecular weight is 329 g/mol. The molecular formula is C18H19NO5. The van der Waals surface area contributed by atoms with Crippen molar-refractivity contribution in [2.75, 3.05) is 19.5 Å². The van der Waals surface area contributed by atoms with E-state index in [0.29, 0.717) is 22.7 Å². The van der Waals surface area contributed by atoms with Crippen LogP contribution in [0.4, 0.5) is 5.69 Å². The lowest BCUT2D eigenvalue weighted by atomic mass is 10.2. The van der Waals surface area contributed by atoms with Gasteiger partial charge in [0, 0.05) is 5.69 Å². The van der Waals surface area contributed by atoms with Crippen LogP contribution in [0.15, 0.2) is 48.5 Å². The van der Waals surface area contributed by atoms with Gasteiger partial charge in [0.2, 0.25) is 0 Å². The predicted molar refractivity (Wildman–Crippen MR) is 89.5 cm³/mol.